The lowest BCUT2D eigenvalue weighted by molar-refractivity contribution is 0.242. The maximum Gasteiger partial charge on any atom is 0.295 e. The molecule has 7 heteroatoms. The lowest BCUT2D eigenvalue weighted by Gasteiger charge is -2.11. The van der Waals surface area contributed by atoms with Crippen molar-refractivity contribution in [1.29, 1.82) is 5.41 Å². The fourth-order valence-corrected chi connectivity index (χ4v) is 1.76. The molecule has 0 spiro atoms. The summed E-state index contributed by atoms with van der Waals surface area (Å²) >= 11 is 0. The molecule has 0 aromatic carbocycles. The van der Waals surface area contributed by atoms with E-state index in [-0.39, 0.29) is 18.0 Å². The minimum absolute atomic E-state index is 0.0270. The van der Waals surface area contributed by atoms with E-state index in [9.17, 15) is 0 Å². The number of nitrogens with zero attached hydrogens (tertiary/aromatic N) is 3. The van der Waals surface area contributed by atoms with Gasteiger partial charge in [-0.15, -0.1) is 0 Å². The van der Waals surface area contributed by atoms with Gasteiger partial charge in [-0.3, -0.25) is 10.4 Å². The van der Waals surface area contributed by atoms with Crippen LogP contribution < -0.4 is 10.5 Å². The number of aliphatic imine (C=N–C) groups is 1. The Bertz CT molecular complexity index is 728. The molecule has 0 aliphatic heterocycles. The topological polar surface area (TPSA) is 106 Å². The summed E-state index contributed by atoms with van der Waals surface area (Å²) in [6.45, 7) is 5.70. The molecule has 2 rings (SSSR count). The number of hydrogen-bond donors (Lipinski definition) is 2. The predicted molar refractivity (Wildman–Crippen MR) is 88.2 cm³/mol. The third kappa shape index (κ3) is 4.77. The maximum atomic E-state index is 7.94. The van der Waals surface area contributed by atoms with E-state index in [1.54, 1.807) is 30.6 Å². The summed E-state index contributed by atoms with van der Waals surface area (Å²) in [7, 11) is 0. The molecule has 0 unspecified atom stereocenters. The molecule has 0 saturated heterocycles. The van der Waals surface area contributed by atoms with Crippen LogP contribution in [0.2, 0.25) is 0 Å². The van der Waals surface area contributed by atoms with Gasteiger partial charge in [0.2, 0.25) is 5.90 Å². The molecule has 2 aromatic rings. The molecule has 120 valence electrons. The normalized spacial score (nSPS) is 11.4. The standard InChI is InChI=1S/C16H19N5O2/c1-10(2)22-12-6-8-19-13(9-12)14(17)23-16(18)21-15-11(3)5-4-7-20-15/h4-10,17H,1-3H3,(H2,18,20,21). The Labute approximate surface area is 134 Å². The number of nitrogens with one attached hydrogen (secondary N) is 1. The van der Waals surface area contributed by atoms with E-state index in [0.29, 0.717) is 17.3 Å². The van der Waals surface area contributed by atoms with Crippen molar-refractivity contribution in [2.45, 2.75) is 26.9 Å². The first-order valence-electron chi connectivity index (χ1n) is 7.11. The van der Waals surface area contributed by atoms with Crippen LogP contribution in [0.25, 0.3) is 0 Å². The van der Waals surface area contributed by atoms with Crippen LogP contribution in [0, 0.1) is 12.3 Å². The second-order valence-corrected chi connectivity index (χ2v) is 5.07. The highest BCUT2D eigenvalue weighted by Gasteiger charge is 2.10. The summed E-state index contributed by atoms with van der Waals surface area (Å²) in [5.41, 5.74) is 6.88. The number of nitrogens with two attached hydrogens (primary N) is 1. The van der Waals surface area contributed by atoms with Crippen LogP contribution in [-0.4, -0.2) is 28.0 Å². The van der Waals surface area contributed by atoms with Gasteiger partial charge in [0.25, 0.3) is 6.02 Å². The Morgan fingerprint density at radius 2 is 2.04 bits per heavy atom. The molecule has 0 radical (unpaired) electrons. The van der Waals surface area contributed by atoms with Gasteiger partial charge in [-0.2, -0.15) is 4.99 Å². The van der Waals surface area contributed by atoms with Crippen molar-refractivity contribution in [3.05, 3.63) is 47.9 Å². The van der Waals surface area contributed by atoms with Gasteiger partial charge in [-0.1, -0.05) is 6.07 Å². The molecule has 0 atom stereocenters. The van der Waals surface area contributed by atoms with Crippen molar-refractivity contribution < 1.29 is 9.47 Å². The van der Waals surface area contributed by atoms with Crippen molar-refractivity contribution in [2.24, 2.45) is 10.7 Å². The van der Waals surface area contributed by atoms with E-state index in [1.165, 1.54) is 0 Å². The zero-order chi connectivity index (χ0) is 16.8. The summed E-state index contributed by atoms with van der Waals surface area (Å²) in [6.07, 6.45) is 3.18. The highest BCUT2D eigenvalue weighted by molar-refractivity contribution is 5.98. The SMILES string of the molecule is Cc1cccnc1/N=C(\N)OC(=N)c1cc(OC(C)C)ccn1. The van der Waals surface area contributed by atoms with Crippen molar-refractivity contribution in [3.63, 3.8) is 0 Å². The van der Waals surface area contributed by atoms with E-state index in [4.69, 9.17) is 20.6 Å². The largest absolute Gasteiger partial charge is 0.491 e. The first-order chi connectivity index (χ1) is 11.0. The number of pyridine rings is 2. The van der Waals surface area contributed by atoms with E-state index >= 15 is 0 Å². The van der Waals surface area contributed by atoms with Crippen LogP contribution in [0.4, 0.5) is 5.82 Å². The average molecular weight is 313 g/mol. The van der Waals surface area contributed by atoms with Crippen LogP contribution in [0.3, 0.4) is 0 Å². The summed E-state index contributed by atoms with van der Waals surface area (Å²) in [6, 6.07) is 6.82. The fraction of sp³-hybridized carbons (Fsp3) is 0.250. The van der Waals surface area contributed by atoms with Gasteiger partial charge in [0.1, 0.15) is 11.4 Å². The number of hydrogen-bond acceptors (Lipinski definition) is 6. The first-order valence-corrected chi connectivity index (χ1v) is 7.11. The highest BCUT2D eigenvalue weighted by atomic mass is 16.5. The molecule has 0 aliphatic rings. The third-order valence-electron chi connectivity index (χ3n) is 2.74. The minimum Gasteiger partial charge on any atom is -0.491 e. The Kier molecular flexibility index (Phi) is 5.24. The second-order valence-electron chi connectivity index (χ2n) is 5.07. The second kappa shape index (κ2) is 7.35. The Morgan fingerprint density at radius 3 is 2.74 bits per heavy atom. The van der Waals surface area contributed by atoms with Gasteiger partial charge in [0, 0.05) is 18.5 Å². The molecule has 2 heterocycles. The van der Waals surface area contributed by atoms with E-state index in [1.807, 2.05) is 26.8 Å². The molecule has 0 bridgehead atoms. The van der Waals surface area contributed by atoms with Gasteiger partial charge >= 0.3 is 0 Å². The van der Waals surface area contributed by atoms with Crippen LogP contribution in [0.5, 0.6) is 5.75 Å². The lowest BCUT2D eigenvalue weighted by Crippen LogP contribution is -2.21. The molecule has 2 aromatic heterocycles. The van der Waals surface area contributed by atoms with Crippen LogP contribution in [0.15, 0.2) is 41.7 Å². The summed E-state index contributed by atoms with van der Waals surface area (Å²) < 4.78 is 10.8. The quantitative estimate of drug-likeness (QED) is 0.666. The summed E-state index contributed by atoms with van der Waals surface area (Å²) in [5.74, 6) is 0.839. The van der Waals surface area contributed by atoms with Gasteiger partial charge in [-0.25, -0.2) is 4.98 Å². The molecular weight excluding hydrogens is 294 g/mol. The Balaban J connectivity index is 2.11. The van der Waals surface area contributed by atoms with Crippen molar-refractivity contribution in [2.75, 3.05) is 0 Å². The molecule has 0 fully saturated rings. The number of amidine groups is 1. The number of aromatic nitrogens is 2. The van der Waals surface area contributed by atoms with Crippen LogP contribution >= 0.6 is 0 Å². The van der Waals surface area contributed by atoms with Gasteiger partial charge in [0.15, 0.2) is 5.82 Å². The van der Waals surface area contributed by atoms with Crippen LogP contribution in [-0.2, 0) is 4.74 Å². The van der Waals surface area contributed by atoms with Crippen molar-refractivity contribution >= 4 is 17.7 Å². The van der Waals surface area contributed by atoms with E-state index in [0.717, 1.165) is 5.56 Å². The number of ether oxygens (including phenoxy) is 2. The Morgan fingerprint density at radius 1 is 1.26 bits per heavy atom. The van der Waals surface area contributed by atoms with Gasteiger partial charge in [0.05, 0.1) is 6.10 Å². The van der Waals surface area contributed by atoms with Crippen molar-refractivity contribution in [3.8, 4) is 5.75 Å². The number of aryl methyl sites for hydroxylation is 1. The smallest absolute Gasteiger partial charge is 0.295 e. The molecule has 0 amide bonds. The predicted octanol–water partition coefficient (Wildman–Crippen LogP) is 2.56. The number of rotatable bonds is 4. The van der Waals surface area contributed by atoms with E-state index in [2.05, 4.69) is 15.0 Å². The molecule has 7 nitrogen and oxygen atoms in total. The summed E-state index contributed by atoms with van der Waals surface area (Å²) in [4.78, 5) is 12.2. The monoisotopic (exact) mass is 313 g/mol. The first kappa shape index (κ1) is 16.4. The third-order valence-corrected chi connectivity index (χ3v) is 2.74. The molecule has 0 saturated carbocycles. The lowest BCUT2D eigenvalue weighted by atomic mass is 10.3. The highest BCUT2D eigenvalue weighted by Crippen LogP contribution is 2.15. The maximum absolute atomic E-state index is 7.94. The van der Waals surface area contributed by atoms with E-state index < -0.39 is 0 Å². The van der Waals surface area contributed by atoms with Crippen LogP contribution in [0.1, 0.15) is 25.1 Å². The van der Waals surface area contributed by atoms with Gasteiger partial charge in [-0.05, 0) is 38.5 Å². The minimum atomic E-state index is -0.214. The Hall–Kier alpha value is -2.96. The molecular formula is C16H19N5O2. The van der Waals surface area contributed by atoms with Gasteiger partial charge < -0.3 is 15.2 Å². The van der Waals surface area contributed by atoms with Crippen molar-refractivity contribution in [1.82, 2.24) is 9.97 Å². The fourth-order valence-electron chi connectivity index (χ4n) is 1.76. The average Bonchev–Trinajstić information content (AvgIpc) is 2.49. The summed E-state index contributed by atoms with van der Waals surface area (Å²) in [5, 5.41) is 7.94. The zero-order valence-corrected chi connectivity index (χ0v) is 13.3. The molecule has 3 N–H and O–H groups in total. The molecule has 23 heavy (non-hydrogen) atoms. The molecule has 0 aliphatic carbocycles. The zero-order valence-electron chi connectivity index (χ0n) is 13.3.